The Labute approximate surface area is 274 Å². The Morgan fingerprint density at radius 2 is 1.85 bits per heavy atom. The Balaban J connectivity index is 1.45. The third-order valence-electron chi connectivity index (χ3n) is 8.52. The lowest BCUT2D eigenvalue weighted by atomic mass is 9.93. The molecule has 0 radical (unpaired) electrons. The topological polar surface area (TPSA) is 139 Å². The van der Waals surface area contributed by atoms with Crippen LogP contribution in [-0.4, -0.2) is 39.8 Å². The number of primary amides is 1. The normalized spacial score (nSPS) is 17.9. The van der Waals surface area contributed by atoms with Crippen molar-refractivity contribution < 1.29 is 35.9 Å². The van der Waals surface area contributed by atoms with Crippen molar-refractivity contribution in [1.82, 2.24) is 20.1 Å². The van der Waals surface area contributed by atoms with E-state index in [2.05, 4.69) is 20.7 Å². The average Bonchev–Trinajstić information content (AvgIpc) is 3.68. The van der Waals surface area contributed by atoms with Crippen molar-refractivity contribution >= 4 is 35.3 Å². The van der Waals surface area contributed by atoms with Crippen molar-refractivity contribution in [1.29, 1.82) is 5.41 Å². The van der Waals surface area contributed by atoms with E-state index in [-0.39, 0.29) is 51.5 Å². The number of aromatic nitrogens is 3. The number of nitrogens with zero attached hydrogens (tertiary/aromatic N) is 3. The van der Waals surface area contributed by atoms with Gasteiger partial charge in [0.1, 0.15) is 35.3 Å². The van der Waals surface area contributed by atoms with Crippen LogP contribution in [0.25, 0.3) is 11.1 Å². The number of nitrogens with two attached hydrogens (primary N) is 1. The zero-order valence-corrected chi connectivity index (χ0v) is 25.7. The summed E-state index contributed by atoms with van der Waals surface area (Å²) in [6, 6.07) is 7.33. The number of carbonyl (C=O) groups excluding carboxylic acids is 2. The molecule has 2 aromatic carbocycles. The van der Waals surface area contributed by atoms with Gasteiger partial charge < -0.3 is 21.8 Å². The molecule has 0 bridgehead atoms. The smallest absolute Gasteiger partial charge is 0.293 e. The molecule has 2 heterocycles. The number of amides is 2. The number of carbonyl (C=O) groups is 2. The monoisotopic (exact) mass is 689 g/mol. The largest absolute Gasteiger partial charge is 0.386 e. The molecule has 1 saturated carbocycles. The molecule has 6 rings (SSSR count). The number of halogens is 7. The average molecular weight is 690 g/mol. The Kier molecular flexibility index (Phi) is 8.43. The SMILES string of the molecule is CNc1cc(-c2ccc(Cl)c(C(N)=O)c2)c(C(Cc2cc(F)cc(F)c2)NC(=O)Cn2nc(C(F)F)c3c2C(F)(F)C2CC32)nc1C=N. The summed E-state index contributed by atoms with van der Waals surface area (Å²) in [4.78, 5) is 30.3. The lowest BCUT2D eigenvalue weighted by Gasteiger charge is -2.24. The number of fused-ring (bicyclic) bond motifs is 3. The van der Waals surface area contributed by atoms with E-state index in [0.29, 0.717) is 22.0 Å². The van der Waals surface area contributed by atoms with Crippen LogP contribution in [0.3, 0.4) is 0 Å². The molecule has 2 aliphatic rings. The first-order chi connectivity index (χ1) is 22.7. The molecule has 3 unspecified atom stereocenters. The molecule has 48 heavy (non-hydrogen) atoms. The Bertz CT molecular complexity index is 1960. The van der Waals surface area contributed by atoms with Crippen molar-refractivity contribution in [3.63, 3.8) is 0 Å². The van der Waals surface area contributed by atoms with Crippen LogP contribution in [-0.2, 0) is 23.7 Å². The van der Waals surface area contributed by atoms with E-state index in [9.17, 15) is 27.2 Å². The highest BCUT2D eigenvalue weighted by atomic mass is 35.5. The number of anilines is 1. The highest BCUT2D eigenvalue weighted by Crippen LogP contribution is 2.68. The summed E-state index contributed by atoms with van der Waals surface area (Å²) in [5.41, 5.74) is 4.86. The van der Waals surface area contributed by atoms with Gasteiger partial charge in [0.25, 0.3) is 12.3 Å². The molecular formula is C32H26ClF6N7O2. The maximum atomic E-state index is 15.2. The summed E-state index contributed by atoms with van der Waals surface area (Å²) in [5, 5.41) is 17.2. The third kappa shape index (κ3) is 5.86. The summed E-state index contributed by atoms with van der Waals surface area (Å²) in [6.45, 7) is -0.883. The molecule has 0 spiro atoms. The maximum absolute atomic E-state index is 15.2. The molecule has 0 saturated heterocycles. The summed E-state index contributed by atoms with van der Waals surface area (Å²) in [5.74, 6) is -9.00. The molecule has 2 aromatic heterocycles. The second-order valence-corrected chi connectivity index (χ2v) is 12.0. The minimum atomic E-state index is -3.47. The van der Waals surface area contributed by atoms with E-state index in [1.807, 2.05) is 0 Å². The first kappa shape index (κ1) is 33.0. The lowest BCUT2D eigenvalue weighted by Crippen LogP contribution is -2.35. The molecule has 16 heteroatoms. The fraction of sp³-hybridized carbons (Fsp3) is 0.281. The van der Waals surface area contributed by atoms with Gasteiger partial charge in [0, 0.05) is 36.4 Å². The fourth-order valence-corrected chi connectivity index (χ4v) is 6.58. The van der Waals surface area contributed by atoms with E-state index in [1.54, 1.807) is 13.1 Å². The number of hydrogen-bond acceptors (Lipinski definition) is 6. The standard InChI is InChI=1S/C32H26ClF6N7O2/c1-42-22-10-17(14-2-3-21(33)19(7-14)31(41)48)27(44-24(22)11-40)23(6-13-4-15(34)8-16(35)5-13)43-25(47)12-46-29-26(28(45-46)30(36)37)18-9-20(18)32(29,38)39/h2-5,7-8,10-11,18,20,23,30,40,42H,6,9,12H2,1H3,(H2,41,48)(H,43,47). The highest BCUT2D eigenvalue weighted by molar-refractivity contribution is 6.33. The Morgan fingerprint density at radius 3 is 2.48 bits per heavy atom. The zero-order valence-electron chi connectivity index (χ0n) is 24.9. The van der Waals surface area contributed by atoms with E-state index >= 15 is 8.78 Å². The van der Waals surface area contributed by atoms with E-state index in [4.69, 9.17) is 22.7 Å². The number of pyridine rings is 1. The molecule has 0 aliphatic heterocycles. The van der Waals surface area contributed by atoms with Crippen LogP contribution in [0, 0.1) is 23.0 Å². The number of rotatable bonds is 11. The van der Waals surface area contributed by atoms with Gasteiger partial charge in [0.15, 0.2) is 0 Å². The molecule has 1 fully saturated rings. The zero-order chi connectivity index (χ0) is 34.7. The molecule has 3 atom stereocenters. The Morgan fingerprint density at radius 1 is 1.15 bits per heavy atom. The molecule has 5 N–H and O–H groups in total. The second kappa shape index (κ2) is 12.3. The summed E-state index contributed by atoms with van der Waals surface area (Å²) < 4.78 is 87.2. The highest BCUT2D eigenvalue weighted by Gasteiger charge is 2.67. The van der Waals surface area contributed by atoms with Crippen molar-refractivity contribution in [3.05, 3.63) is 98.6 Å². The van der Waals surface area contributed by atoms with Crippen LogP contribution >= 0.6 is 11.6 Å². The molecule has 2 aliphatic carbocycles. The van der Waals surface area contributed by atoms with Gasteiger partial charge in [-0.15, -0.1) is 0 Å². The molecule has 2 amide bonds. The van der Waals surface area contributed by atoms with E-state index < -0.39 is 71.6 Å². The van der Waals surface area contributed by atoms with E-state index in [0.717, 1.165) is 18.3 Å². The van der Waals surface area contributed by atoms with Gasteiger partial charge >= 0.3 is 0 Å². The summed E-state index contributed by atoms with van der Waals surface area (Å²) >= 11 is 6.17. The molecule has 9 nitrogen and oxygen atoms in total. The predicted molar refractivity (Wildman–Crippen MR) is 164 cm³/mol. The van der Waals surface area contributed by atoms with Crippen LogP contribution < -0.4 is 16.4 Å². The van der Waals surface area contributed by atoms with Crippen LogP contribution in [0.1, 0.15) is 69.1 Å². The van der Waals surface area contributed by atoms with Gasteiger partial charge in [0.2, 0.25) is 11.8 Å². The van der Waals surface area contributed by atoms with Crippen LogP contribution in [0.4, 0.5) is 32.0 Å². The summed E-state index contributed by atoms with van der Waals surface area (Å²) in [6.07, 6.45) is -2.48. The van der Waals surface area contributed by atoms with Gasteiger partial charge in [-0.05, 0) is 60.2 Å². The first-order valence-corrected chi connectivity index (χ1v) is 15.0. The minimum Gasteiger partial charge on any atom is -0.386 e. The third-order valence-corrected chi connectivity index (χ3v) is 8.85. The van der Waals surface area contributed by atoms with Gasteiger partial charge in [-0.3, -0.25) is 14.3 Å². The van der Waals surface area contributed by atoms with Gasteiger partial charge in [-0.2, -0.15) is 13.9 Å². The molecular weight excluding hydrogens is 664 g/mol. The van der Waals surface area contributed by atoms with Crippen molar-refractivity contribution in [3.8, 4) is 11.1 Å². The number of alkyl halides is 4. The van der Waals surface area contributed by atoms with Crippen LogP contribution in [0.15, 0.2) is 42.5 Å². The predicted octanol–water partition coefficient (Wildman–Crippen LogP) is 6.26. The van der Waals surface area contributed by atoms with Crippen molar-refractivity contribution in [2.75, 3.05) is 12.4 Å². The van der Waals surface area contributed by atoms with E-state index in [1.165, 1.54) is 18.2 Å². The molecule has 250 valence electrons. The molecule has 4 aromatic rings. The number of nitrogens with one attached hydrogen (secondary N) is 3. The second-order valence-electron chi connectivity index (χ2n) is 11.6. The van der Waals surface area contributed by atoms with Crippen LogP contribution in [0.5, 0.6) is 0 Å². The van der Waals surface area contributed by atoms with Crippen LogP contribution in [0.2, 0.25) is 5.02 Å². The lowest BCUT2D eigenvalue weighted by molar-refractivity contribution is -0.123. The first-order valence-electron chi connectivity index (χ1n) is 14.6. The fourth-order valence-electron chi connectivity index (χ4n) is 6.37. The van der Waals surface area contributed by atoms with Crippen molar-refractivity contribution in [2.24, 2.45) is 11.7 Å². The van der Waals surface area contributed by atoms with Gasteiger partial charge in [0.05, 0.1) is 28.0 Å². The van der Waals surface area contributed by atoms with Gasteiger partial charge in [-0.1, -0.05) is 17.7 Å². The maximum Gasteiger partial charge on any atom is 0.293 e. The quantitative estimate of drug-likeness (QED) is 0.109. The summed E-state index contributed by atoms with van der Waals surface area (Å²) in [7, 11) is 1.56. The number of benzene rings is 2. The Hall–Kier alpha value is -4.92. The number of hydrogen-bond donors (Lipinski definition) is 4. The van der Waals surface area contributed by atoms with Crippen molar-refractivity contribution in [2.45, 2.75) is 43.7 Å². The minimum absolute atomic E-state index is 0.0401. The van der Waals surface area contributed by atoms with Gasteiger partial charge in [-0.25, -0.2) is 22.5 Å².